The number of halogens is 1. The Hall–Kier alpha value is -0.836. The molecular formula is C19H27ClSi2. The van der Waals surface area contributed by atoms with Gasteiger partial charge in [-0.2, -0.15) is 11.1 Å². The molecule has 22 heavy (non-hydrogen) atoms. The zero-order valence-electron chi connectivity index (χ0n) is 14.4. The highest BCUT2D eigenvalue weighted by Crippen LogP contribution is 2.19. The number of hydrogen-bond acceptors (Lipinski definition) is 0. The predicted octanol–water partition coefficient (Wildman–Crippen LogP) is 4.25. The van der Waals surface area contributed by atoms with Crippen molar-refractivity contribution in [2.24, 2.45) is 0 Å². The smallest absolute Gasteiger partial charge is 0.155 e. The molecule has 0 saturated heterocycles. The summed E-state index contributed by atoms with van der Waals surface area (Å²) in [6.45, 7) is 11.7. The fraction of sp³-hybridized carbons (Fsp3) is 0.368. The van der Waals surface area contributed by atoms with Crippen LogP contribution in [0.15, 0.2) is 48.5 Å². The fourth-order valence-electron chi connectivity index (χ4n) is 2.95. The highest BCUT2D eigenvalue weighted by molar-refractivity contribution is 7.34. The summed E-state index contributed by atoms with van der Waals surface area (Å²) in [6, 6.07) is 18.9. The highest BCUT2D eigenvalue weighted by Gasteiger charge is 2.35. The third kappa shape index (κ3) is 3.73. The third-order valence-electron chi connectivity index (χ3n) is 4.23. The first-order valence-corrected chi connectivity index (χ1v) is 14.9. The topological polar surface area (TPSA) is 0 Å². The second-order valence-electron chi connectivity index (χ2n) is 7.25. The van der Waals surface area contributed by atoms with Crippen molar-refractivity contribution < 1.29 is 0 Å². The molecule has 3 heteroatoms. The standard InChI is InChI=1S/C19H27ClSi2/c1-6-12-22(20,17-10-8-7-9-11-17)19-14-16(2)13-18(15-19)21(3,4)5/h7-11,13-15H,6,12H2,1-5H3. The average molecular weight is 347 g/mol. The Bertz CT molecular complexity index is 632. The minimum Gasteiger partial charge on any atom is -0.155 e. The monoisotopic (exact) mass is 346 g/mol. The molecule has 0 aromatic heterocycles. The second-order valence-corrected chi connectivity index (χ2v) is 17.5. The lowest BCUT2D eigenvalue weighted by Crippen LogP contribution is -2.55. The van der Waals surface area contributed by atoms with Gasteiger partial charge in [0.15, 0.2) is 0 Å². The van der Waals surface area contributed by atoms with Crippen molar-refractivity contribution in [3.8, 4) is 0 Å². The van der Waals surface area contributed by atoms with Gasteiger partial charge in [-0.25, -0.2) is 0 Å². The maximum absolute atomic E-state index is 7.34. The van der Waals surface area contributed by atoms with Crippen molar-refractivity contribution >= 4 is 42.1 Å². The molecule has 0 amide bonds. The molecule has 0 N–H and O–H groups in total. The molecule has 0 spiro atoms. The molecule has 2 aromatic rings. The van der Waals surface area contributed by atoms with Gasteiger partial charge >= 0.3 is 0 Å². The normalized spacial score (nSPS) is 14.6. The van der Waals surface area contributed by atoms with E-state index in [1.165, 1.54) is 21.1 Å². The van der Waals surface area contributed by atoms with Gasteiger partial charge in [-0.1, -0.05) is 92.3 Å². The summed E-state index contributed by atoms with van der Waals surface area (Å²) in [5.41, 5.74) is 1.35. The van der Waals surface area contributed by atoms with Crippen molar-refractivity contribution in [2.45, 2.75) is 46.0 Å². The first kappa shape index (κ1) is 17.5. The molecule has 118 valence electrons. The van der Waals surface area contributed by atoms with Gasteiger partial charge in [0.05, 0.1) is 8.07 Å². The maximum Gasteiger partial charge on any atom is 0.217 e. The molecule has 0 nitrogen and oxygen atoms in total. The summed E-state index contributed by atoms with van der Waals surface area (Å²) in [6.07, 6.45) is 1.13. The van der Waals surface area contributed by atoms with Gasteiger partial charge in [-0.15, -0.1) is 0 Å². The van der Waals surface area contributed by atoms with Crippen molar-refractivity contribution in [1.29, 1.82) is 0 Å². The quantitative estimate of drug-likeness (QED) is 0.561. The zero-order valence-corrected chi connectivity index (χ0v) is 17.2. The number of aryl methyl sites for hydroxylation is 1. The van der Waals surface area contributed by atoms with Crippen LogP contribution in [0.5, 0.6) is 0 Å². The van der Waals surface area contributed by atoms with Crippen LogP contribution in [0.25, 0.3) is 0 Å². The Morgan fingerprint density at radius 2 is 1.45 bits per heavy atom. The first-order valence-electron chi connectivity index (χ1n) is 8.14. The van der Waals surface area contributed by atoms with Gasteiger partial charge in [0.25, 0.3) is 0 Å². The van der Waals surface area contributed by atoms with E-state index in [1.807, 2.05) is 0 Å². The molecule has 0 aliphatic carbocycles. The van der Waals surface area contributed by atoms with Crippen LogP contribution in [0, 0.1) is 6.92 Å². The summed E-state index contributed by atoms with van der Waals surface area (Å²) in [5, 5.41) is 4.25. The van der Waals surface area contributed by atoms with Gasteiger partial charge in [-0.05, 0) is 23.3 Å². The van der Waals surface area contributed by atoms with Gasteiger partial charge in [0.1, 0.15) is 0 Å². The van der Waals surface area contributed by atoms with Crippen LogP contribution in [0.2, 0.25) is 25.7 Å². The Kier molecular flexibility index (Phi) is 5.36. The zero-order chi connectivity index (χ0) is 16.4. The van der Waals surface area contributed by atoms with Gasteiger partial charge in [-0.3, -0.25) is 0 Å². The molecule has 2 aromatic carbocycles. The summed E-state index contributed by atoms with van der Waals surface area (Å²) >= 11 is 7.34. The highest BCUT2D eigenvalue weighted by atomic mass is 35.6. The van der Waals surface area contributed by atoms with Crippen molar-refractivity contribution in [3.05, 3.63) is 54.1 Å². The van der Waals surface area contributed by atoms with Crippen molar-refractivity contribution in [2.75, 3.05) is 0 Å². The van der Waals surface area contributed by atoms with E-state index in [0.717, 1.165) is 12.5 Å². The average Bonchev–Trinajstić information content (AvgIpc) is 2.47. The Morgan fingerprint density at radius 1 is 0.864 bits per heavy atom. The van der Waals surface area contributed by atoms with E-state index in [2.05, 4.69) is 82.0 Å². The van der Waals surface area contributed by atoms with Crippen LogP contribution in [0.3, 0.4) is 0 Å². The SMILES string of the molecule is CCC[Si](Cl)(c1ccccc1)c1cc(C)cc([Si](C)(C)C)c1. The first-order chi connectivity index (χ1) is 10.3. The Labute approximate surface area is 142 Å². The van der Waals surface area contributed by atoms with Crippen molar-refractivity contribution in [3.63, 3.8) is 0 Å². The van der Waals surface area contributed by atoms with E-state index in [4.69, 9.17) is 11.1 Å². The third-order valence-corrected chi connectivity index (χ3v) is 11.8. The van der Waals surface area contributed by atoms with Gasteiger partial charge in [0, 0.05) is 0 Å². The van der Waals surface area contributed by atoms with E-state index >= 15 is 0 Å². The van der Waals surface area contributed by atoms with E-state index < -0.39 is 15.5 Å². The van der Waals surface area contributed by atoms with E-state index in [1.54, 1.807) is 0 Å². The lowest BCUT2D eigenvalue weighted by molar-refractivity contribution is 1.07. The largest absolute Gasteiger partial charge is 0.217 e. The van der Waals surface area contributed by atoms with Crippen LogP contribution in [0.1, 0.15) is 18.9 Å². The van der Waals surface area contributed by atoms with Gasteiger partial charge in [0.2, 0.25) is 7.38 Å². The molecule has 0 saturated carbocycles. The van der Waals surface area contributed by atoms with Crippen LogP contribution in [-0.2, 0) is 0 Å². The number of benzene rings is 2. The Morgan fingerprint density at radius 3 is 2.00 bits per heavy atom. The maximum atomic E-state index is 7.34. The van der Waals surface area contributed by atoms with E-state index in [-0.39, 0.29) is 0 Å². The van der Waals surface area contributed by atoms with E-state index in [9.17, 15) is 0 Å². The van der Waals surface area contributed by atoms with E-state index in [0.29, 0.717) is 0 Å². The molecule has 1 unspecified atom stereocenters. The summed E-state index contributed by atoms with van der Waals surface area (Å²) < 4.78 is 0. The summed E-state index contributed by atoms with van der Waals surface area (Å²) in [7, 11) is -3.48. The molecule has 0 fully saturated rings. The van der Waals surface area contributed by atoms with Crippen molar-refractivity contribution in [1.82, 2.24) is 0 Å². The molecule has 0 heterocycles. The predicted molar refractivity (Wildman–Crippen MR) is 107 cm³/mol. The van der Waals surface area contributed by atoms with Crippen LogP contribution in [-0.4, -0.2) is 15.5 Å². The minimum absolute atomic E-state index is 1.09. The van der Waals surface area contributed by atoms with Gasteiger partial charge < -0.3 is 0 Å². The van der Waals surface area contributed by atoms with Crippen LogP contribution < -0.4 is 15.6 Å². The summed E-state index contributed by atoms with van der Waals surface area (Å²) in [5.74, 6) is 0. The lowest BCUT2D eigenvalue weighted by atomic mass is 10.2. The molecular weight excluding hydrogens is 320 g/mol. The molecule has 0 aliphatic heterocycles. The van der Waals surface area contributed by atoms with Crippen LogP contribution in [0.4, 0.5) is 0 Å². The molecule has 0 aliphatic rings. The molecule has 1 atom stereocenters. The fourth-order valence-corrected chi connectivity index (χ4v) is 8.77. The molecule has 0 bridgehead atoms. The summed E-state index contributed by atoms with van der Waals surface area (Å²) in [4.78, 5) is 0. The minimum atomic E-state index is -2.15. The Balaban J connectivity index is 2.61. The molecule has 0 radical (unpaired) electrons. The van der Waals surface area contributed by atoms with Crippen LogP contribution >= 0.6 is 11.1 Å². The number of rotatable bonds is 5. The number of hydrogen-bond donors (Lipinski definition) is 0. The molecule has 2 rings (SSSR count). The lowest BCUT2D eigenvalue weighted by Gasteiger charge is -2.28. The second kappa shape index (κ2) is 6.73.